The van der Waals surface area contributed by atoms with Crippen molar-refractivity contribution in [3.8, 4) is 17.1 Å². The summed E-state index contributed by atoms with van der Waals surface area (Å²) in [6, 6.07) is 13.3. The molecule has 140 valence electrons. The standard InChI is InChI=1S/C21H23ClN4O/c1-15-8-11-25(12-9-15)21(27)20-14-18(19-7-4-10-24(19)2)23-26(20)17-6-3-5-16(22)13-17/h3-7,10,13-15H,8-9,11-12H2,1-2H3. The van der Waals surface area contributed by atoms with Crippen LogP contribution in [0.2, 0.25) is 5.02 Å². The third kappa shape index (κ3) is 3.52. The van der Waals surface area contributed by atoms with Crippen LogP contribution in [0.1, 0.15) is 30.3 Å². The predicted octanol–water partition coefficient (Wildman–Crippen LogP) is 4.40. The van der Waals surface area contributed by atoms with Crippen LogP contribution in [-0.4, -0.2) is 38.2 Å². The van der Waals surface area contributed by atoms with Gasteiger partial charge < -0.3 is 9.47 Å². The van der Waals surface area contributed by atoms with E-state index >= 15 is 0 Å². The number of amides is 1. The smallest absolute Gasteiger partial charge is 0.272 e. The Labute approximate surface area is 164 Å². The van der Waals surface area contributed by atoms with E-state index in [0.29, 0.717) is 16.6 Å². The average Bonchev–Trinajstić information content (AvgIpc) is 3.28. The van der Waals surface area contributed by atoms with Gasteiger partial charge in [-0.1, -0.05) is 24.6 Å². The highest BCUT2D eigenvalue weighted by molar-refractivity contribution is 6.30. The summed E-state index contributed by atoms with van der Waals surface area (Å²) in [6.45, 7) is 3.83. The number of likely N-dealkylation sites (tertiary alicyclic amines) is 1. The maximum atomic E-state index is 13.3. The van der Waals surface area contributed by atoms with E-state index in [1.54, 1.807) is 4.68 Å². The number of nitrogens with zero attached hydrogens (tertiary/aromatic N) is 4. The van der Waals surface area contributed by atoms with E-state index in [1.165, 1.54) is 0 Å². The average molecular weight is 383 g/mol. The van der Waals surface area contributed by atoms with Crippen LogP contribution in [0.25, 0.3) is 17.1 Å². The number of aromatic nitrogens is 3. The van der Waals surface area contributed by atoms with Crippen molar-refractivity contribution in [2.75, 3.05) is 13.1 Å². The molecule has 4 rings (SSSR count). The molecule has 1 saturated heterocycles. The summed E-state index contributed by atoms with van der Waals surface area (Å²) >= 11 is 6.18. The van der Waals surface area contributed by atoms with E-state index in [2.05, 4.69) is 6.92 Å². The molecule has 0 N–H and O–H groups in total. The van der Waals surface area contributed by atoms with Crippen molar-refractivity contribution in [2.24, 2.45) is 13.0 Å². The topological polar surface area (TPSA) is 43.1 Å². The van der Waals surface area contributed by atoms with E-state index in [-0.39, 0.29) is 5.91 Å². The SMILES string of the molecule is CC1CCN(C(=O)c2cc(-c3cccn3C)nn2-c2cccc(Cl)c2)CC1. The molecule has 0 saturated carbocycles. The van der Waals surface area contributed by atoms with Crippen molar-refractivity contribution in [3.05, 3.63) is 59.4 Å². The van der Waals surface area contributed by atoms with Gasteiger partial charge in [0.1, 0.15) is 11.4 Å². The Balaban J connectivity index is 1.78. The van der Waals surface area contributed by atoms with Gasteiger partial charge in [0.15, 0.2) is 0 Å². The lowest BCUT2D eigenvalue weighted by molar-refractivity contribution is 0.0688. The van der Waals surface area contributed by atoms with Gasteiger partial charge in [-0.25, -0.2) is 4.68 Å². The van der Waals surface area contributed by atoms with Crippen LogP contribution in [0.3, 0.4) is 0 Å². The molecule has 5 nitrogen and oxygen atoms in total. The first-order valence-electron chi connectivity index (χ1n) is 9.30. The van der Waals surface area contributed by atoms with Crippen molar-refractivity contribution in [1.82, 2.24) is 19.2 Å². The fourth-order valence-electron chi connectivity index (χ4n) is 3.56. The molecular weight excluding hydrogens is 360 g/mol. The maximum absolute atomic E-state index is 13.3. The number of hydrogen-bond donors (Lipinski definition) is 0. The number of halogens is 1. The summed E-state index contributed by atoms with van der Waals surface area (Å²) in [5.74, 6) is 0.695. The lowest BCUT2D eigenvalue weighted by Crippen LogP contribution is -2.38. The predicted molar refractivity (Wildman–Crippen MR) is 107 cm³/mol. The van der Waals surface area contributed by atoms with Gasteiger partial charge in [0, 0.05) is 31.4 Å². The Hall–Kier alpha value is -2.53. The molecule has 1 fully saturated rings. The van der Waals surface area contributed by atoms with Gasteiger partial charge in [-0.3, -0.25) is 4.79 Å². The van der Waals surface area contributed by atoms with E-state index in [1.807, 2.05) is 65.2 Å². The molecule has 0 aliphatic carbocycles. The third-order valence-electron chi connectivity index (χ3n) is 5.26. The Kier molecular flexibility index (Phi) is 4.79. The minimum atomic E-state index is 0.0230. The summed E-state index contributed by atoms with van der Waals surface area (Å²) in [6.07, 6.45) is 4.06. The summed E-state index contributed by atoms with van der Waals surface area (Å²) in [5, 5.41) is 5.36. The molecular formula is C21H23ClN4O. The number of carbonyl (C=O) groups is 1. The molecule has 0 radical (unpaired) electrons. The number of hydrogen-bond acceptors (Lipinski definition) is 2. The molecule has 2 aromatic heterocycles. The number of rotatable bonds is 3. The minimum absolute atomic E-state index is 0.0230. The Morgan fingerprint density at radius 2 is 1.93 bits per heavy atom. The largest absolute Gasteiger partial charge is 0.349 e. The second-order valence-electron chi connectivity index (χ2n) is 7.29. The lowest BCUT2D eigenvalue weighted by Gasteiger charge is -2.30. The first-order valence-corrected chi connectivity index (χ1v) is 9.67. The molecule has 0 unspecified atom stereocenters. The van der Waals surface area contributed by atoms with Gasteiger partial charge in [0.25, 0.3) is 5.91 Å². The van der Waals surface area contributed by atoms with Gasteiger partial charge in [0.05, 0.1) is 11.4 Å². The highest BCUT2D eigenvalue weighted by atomic mass is 35.5. The zero-order valence-electron chi connectivity index (χ0n) is 15.6. The molecule has 0 atom stereocenters. The molecule has 1 aliphatic rings. The summed E-state index contributed by atoms with van der Waals surface area (Å²) in [4.78, 5) is 15.2. The fourth-order valence-corrected chi connectivity index (χ4v) is 3.75. The van der Waals surface area contributed by atoms with Crippen molar-refractivity contribution in [3.63, 3.8) is 0 Å². The number of piperidine rings is 1. The van der Waals surface area contributed by atoms with E-state index < -0.39 is 0 Å². The highest BCUT2D eigenvalue weighted by Gasteiger charge is 2.26. The van der Waals surface area contributed by atoms with E-state index in [9.17, 15) is 4.79 Å². The molecule has 27 heavy (non-hydrogen) atoms. The molecule has 0 bridgehead atoms. The summed E-state index contributed by atoms with van der Waals surface area (Å²) in [7, 11) is 1.97. The normalized spacial score (nSPS) is 15.3. The van der Waals surface area contributed by atoms with Gasteiger partial charge in [-0.2, -0.15) is 5.10 Å². The zero-order chi connectivity index (χ0) is 19.0. The number of benzene rings is 1. The molecule has 0 spiro atoms. The van der Waals surface area contributed by atoms with Gasteiger partial charge in [-0.15, -0.1) is 0 Å². The quantitative estimate of drug-likeness (QED) is 0.673. The monoisotopic (exact) mass is 382 g/mol. The Bertz CT molecular complexity index is 966. The van der Waals surface area contributed by atoms with Gasteiger partial charge in [0.2, 0.25) is 0 Å². The van der Waals surface area contributed by atoms with Crippen LogP contribution in [-0.2, 0) is 7.05 Å². The highest BCUT2D eigenvalue weighted by Crippen LogP contribution is 2.25. The fraction of sp³-hybridized carbons (Fsp3) is 0.333. The van der Waals surface area contributed by atoms with Crippen LogP contribution in [0.5, 0.6) is 0 Å². The van der Waals surface area contributed by atoms with E-state index in [4.69, 9.17) is 16.7 Å². The zero-order valence-corrected chi connectivity index (χ0v) is 16.4. The van der Waals surface area contributed by atoms with Crippen LogP contribution >= 0.6 is 11.6 Å². The van der Waals surface area contributed by atoms with Crippen LogP contribution in [0.4, 0.5) is 0 Å². The van der Waals surface area contributed by atoms with Crippen molar-refractivity contribution in [2.45, 2.75) is 19.8 Å². The maximum Gasteiger partial charge on any atom is 0.272 e. The molecule has 1 aromatic carbocycles. The molecule has 6 heteroatoms. The van der Waals surface area contributed by atoms with Crippen molar-refractivity contribution >= 4 is 17.5 Å². The third-order valence-corrected chi connectivity index (χ3v) is 5.49. The lowest BCUT2D eigenvalue weighted by atomic mass is 9.99. The molecule has 3 heterocycles. The van der Waals surface area contributed by atoms with Crippen LogP contribution in [0.15, 0.2) is 48.7 Å². The van der Waals surface area contributed by atoms with Crippen molar-refractivity contribution in [1.29, 1.82) is 0 Å². The first kappa shape index (κ1) is 17.9. The summed E-state index contributed by atoms with van der Waals surface area (Å²) < 4.78 is 3.72. The first-order chi connectivity index (χ1) is 13.0. The second kappa shape index (κ2) is 7.24. The molecule has 1 aliphatic heterocycles. The van der Waals surface area contributed by atoms with Gasteiger partial charge in [-0.05, 0) is 55.2 Å². The number of carbonyl (C=O) groups excluding carboxylic acids is 1. The Morgan fingerprint density at radius 1 is 1.15 bits per heavy atom. The molecule has 1 amide bonds. The minimum Gasteiger partial charge on any atom is -0.349 e. The van der Waals surface area contributed by atoms with Crippen LogP contribution in [0, 0.1) is 5.92 Å². The van der Waals surface area contributed by atoms with Crippen LogP contribution < -0.4 is 0 Å². The molecule has 3 aromatic rings. The Morgan fingerprint density at radius 3 is 2.59 bits per heavy atom. The van der Waals surface area contributed by atoms with Crippen molar-refractivity contribution < 1.29 is 4.79 Å². The number of aryl methyl sites for hydroxylation is 1. The second-order valence-corrected chi connectivity index (χ2v) is 7.72. The van der Waals surface area contributed by atoms with E-state index in [0.717, 1.165) is 43.0 Å². The summed E-state index contributed by atoms with van der Waals surface area (Å²) in [5.41, 5.74) is 3.10. The van der Waals surface area contributed by atoms with Gasteiger partial charge >= 0.3 is 0 Å².